The number of aryl methyl sites for hydroxylation is 1. The Labute approximate surface area is 184 Å². The highest BCUT2D eigenvalue weighted by Crippen LogP contribution is 2.24. The molecule has 0 spiro atoms. The van der Waals surface area contributed by atoms with Crippen molar-refractivity contribution in [3.63, 3.8) is 0 Å². The lowest BCUT2D eigenvalue weighted by Crippen LogP contribution is -2.47. The number of hydrogen-bond donors (Lipinski definition) is 2. The molecule has 1 aromatic heterocycles. The van der Waals surface area contributed by atoms with Crippen LogP contribution in [0.4, 0.5) is 4.79 Å². The summed E-state index contributed by atoms with van der Waals surface area (Å²) < 4.78 is 5.19. The van der Waals surface area contributed by atoms with E-state index in [-0.39, 0.29) is 6.04 Å². The molecule has 2 aromatic rings. The second-order valence-corrected chi connectivity index (χ2v) is 9.27. The summed E-state index contributed by atoms with van der Waals surface area (Å²) in [7, 11) is 0. The van der Waals surface area contributed by atoms with Crippen molar-refractivity contribution < 1.29 is 19.1 Å². The summed E-state index contributed by atoms with van der Waals surface area (Å²) >= 11 is 3.25. The molecule has 1 saturated carbocycles. The number of imide groups is 1. The normalized spacial score (nSPS) is 14.9. The van der Waals surface area contributed by atoms with Gasteiger partial charge in [0.25, 0.3) is 5.91 Å². The summed E-state index contributed by atoms with van der Waals surface area (Å²) in [5, 5.41) is 8.07. The molecule has 1 aliphatic carbocycles. The number of carbonyl (C=O) groups is 3. The maximum atomic E-state index is 12.3. The number of benzene rings is 1. The van der Waals surface area contributed by atoms with E-state index in [2.05, 4.69) is 15.6 Å². The van der Waals surface area contributed by atoms with Crippen LogP contribution in [0, 0.1) is 6.92 Å². The van der Waals surface area contributed by atoms with E-state index in [1.165, 1.54) is 6.92 Å². The number of nitrogens with one attached hydrogen (secondary N) is 2. The number of thiazole rings is 1. The second kappa shape index (κ2) is 10.6. The van der Waals surface area contributed by atoms with Crippen molar-refractivity contribution in [2.75, 3.05) is 0 Å². The number of urea groups is 1. The quantitative estimate of drug-likeness (QED) is 0.491. The van der Waals surface area contributed by atoms with Crippen LogP contribution in [-0.2, 0) is 15.3 Å². The molecule has 3 amide bonds. The molecule has 9 heteroatoms. The highest BCUT2D eigenvalue weighted by Gasteiger charge is 2.23. The van der Waals surface area contributed by atoms with Gasteiger partial charge < -0.3 is 10.1 Å². The summed E-state index contributed by atoms with van der Waals surface area (Å²) in [5.74, 6) is -0.501. The number of rotatable bonds is 7. The van der Waals surface area contributed by atoms with Gasteiger partial charge in [0.15, 0.2) is 6.10 Å². The zero-order valence-corrected chi connectivity index (χ0v) is 18.6. The van der Waals surface area contributed by atoms with Crippen LogP contribution in [0.5, 0.6) is 0 Å². The minimum absolute atomic E-state index is 0.103. The average Bonchev–Trinajstić information content (AvgIpc) is 3.38. The lowest BCUT2D eigenvalue weighted by molar-refractivity contribution is -0.127. The number of hydrogen-bond acceptors (Lipinski definition) is 7. The number of esters is 1. The third kappa shape index (κ3) is 6.56. The zero-order valence-electron chi connectivity index (χ0n) is 17.0. The summed E-state index contributed by atoms with van der Waals surface area (Å²) in [4.78, 5) is 41.7. The van der Waals surface area contributed by atoms with Gasteiger partial charge in [-0.15, -0.1) is 23.1 Å². The van der Waals surface area contributed by atoms with Gasteiger partial charge in [-0.05, 0) is 51.0 Å². The van der Waals surface area contributed by atoms with Gasteiger partial charge in [-0.1, -0.05) is 12.8 Å². The molecule has 1 aromatic carbocycles. The van der Waals surface area contributed by atoms with Gasteiger partial charge >= 0.3 is 12.0 Å². The standard InChI is InChI=1S/C21H25N3O4S2/c1-13(19(25)24-21(27)23-16-5-3-4-6-16)28-20(26)15-7-9-18(10-8-15)30-12-17-11-29-14(2)22-17/h7-11,13,16H,3-6,12H2,1-2H3,(H2,23,24,25,27). The predicted molar refractivity (Wildman–Crippen MR) is 117 cm³/mol. The number of aromatic nitrogens is 1. The van der Waals surface area contributed by atoms with Crippen molar-refractivity contribution in [2.24, 2.45) is 0 Å². The second-order valence-electron chi connectivity index (χ2n) is 7.16. The molecule has 0 radical (unpaired) electrons. The van der Waals surface area contributed by atoms with Crippen molar-refractivity contribution in [1.82, 2.24) is 15.6 Å². The van der Waals surface area contributed by atoms with Crippen LogP contribution in [0.1, 0.15) is 53.7 Å². The first-order valence-corrected chi connectivity index (χ1v) is 11.7. The fourth-order valence-electron chi connectivity index (χ4n) is 3.11. The number of carbonyl (C=O) groups excluding carboxylic acids is 3. The monoisotopic (exact) mass is 447 g/mol. The van der Waals surface area contributed by atoms with E-state index in [0.717, 1.165) is 47.0 Å². The van der Waals surface area contributed by atoms with Gasteiger partial charge in [0.2, 0.25) is 0 Å². The highest BCUT2D eigenvalue weighted by atomic mass is 32.2. The van der Waals surface area contributed by atoms with E-state index < -0.39 is 24.0 Å². The Morgan fingerprint density at radius 3 is 2.57 bits per heavy atom. The van der Waals surface area contributed by atoms with Gasteiger partial charge in [-0.25, -0.2) is 14.6 Å². The van der Waals surface area contributed by atoms with Gasteiger partial charge in [0.05, 0.1) is 16.3 Å². The maximum Gasteiger partial charge on any atom is 0.338 e. The smallest absolute Gasteiger partial charge is 0.338 e. The van der Waals surface area contributed by atoms with Crippen molar-refractivity contribution in [3.05, 3.63) is 45.9 Å². The van der Waals surface area contributed by atoms with Gasteiger partial charge in [0, 0.05) is 22.1 Å². The molecule has 30 heavy (non-hydrogen) atoms. The summed E-state index contributed by atoms with van der Waals surface area (Å²) in [6.07, 6.45) is 2.92. The fourth-order valence-corrected chi connectivity index (χ4v) is 4.62. The first-order valence-electron chi connectivity index (χ1n) is 9.87. The van der Waals surface area contributed by atoms with E-state index in [1.54, 1.807) is 35.2 Å². The molecular formula is C21H25N3O4S2. The number of amides is 3. The lowest BCUT2D eigenvalue weighted by Gasteiger charge is -2.15. The van der Waals surface area contributed by atoms with Crippen LogP contribution in [0.25, 0.3) is 0 Å². The minimum Gasteiger partial charge on any atom is -0.449 e. The van der Waals surface area contributed by atoms with Gasteiger partial charge in [0.1, 0.15) is 0 Å². The van der Waals surface area contributed by atoms with Crippen molar-refractivity contribution >= 4 is 41.0 Å². The lowest BCUT2D eigenvalue weighted by atomic mass is 10.2. The van der Waals surface area contributed by atoms with Crippen LogP contribution in [0.2, 0.25) is 0 Å². The molecule has 2 N–H and O–H groups in total. The van der Waals surface area contributed by atoms with E-state index in [9.17, 15) is 14.4 Å². The molecule has 1 unspecified atom stereocenters. The Hall–Kier alpha value is -2.39. The Kier molecular flexibility index (Phi) is 7.87. The number of thioether (sulfide) groups is 1. The highest BCUT2D eigenvalue weighted by molar-refractivity contribution is 7.98. The van der Waals surface area contributed by atoms with Crippen LogP contribution in [0.15, 0.2) is 34.5 Å². The van der Waals surface area contributed by atoms with Crippen LogP contribution >= 0.6 is 23.1 Å². The van der Waals surface area contributed by atoms with E-state index >= 15 is 0 Å². The van der Waals surface area contributed by atoms with Crippen molar-refractivity contribution in [3.8, 4) is 0 Å². The zero-order chi connectivity index (χ0) is 21.5. The molecule has 0 aliphatic heterocycles. The molecule has 160 valence electrons. The Balaban J connectivity index is 1.44. The summed E-state index contributed by atoms with van der Waals surface area (Å²) in [6.45, 7) is 3.42. The SMILES string of the molecule is Cc1nc(CSc2ccc(C(=O)OC(C)C(=O)NC(=O)NC3CCCC3)cc2)cs1. The topological polar surface area (TPSA) is 97.4 Å². The van der Waals surface area contributed by atoms with Crippen LogP contribution < -0.4 is 10.6 Å². The number of nitrogens with zero attached hydrogens (tertiary/aromatic N) is 1. The first kappa shape index (κ1) is 22.3. The predicted octanol–water partition coefficient (Wildman–Crippen LogP) is 4.06. The summed E-state index contributed by atoms with van der Waals surface area (Å²) in [5.41, 5.74) is 1.38. The Morgan fingerprint density at radius 2 is 1.93 bits per heavy atom. The summed E-state index contributed by atoms with van der Waals surface area (Å²) in [6, 6.07) is 6.54. The number of ether oxygens (including phenoxy) is 1. The molecule has 3 rings (SSSR count). The third-order valence-corrected chi connectivity index (χ3v) is 6.59. The van der Waals surface area contributed by atoms with Crippen molar-refractivity contribution in [2.45, 2.75) is 62.3 Å². The molecular weight excluding hydrogens is 422 g/mol. The molecule has 1 aliphatic rings. The molecule has 7 nitrogen and oxygen atoms in total. The van der Waals surface area contributed by atoms with E-state index in [0.29, 0.717) is 5.56 Å². The first-order chi connectivity index (χ1) is 14.4. The van der Waals surface area contributed by atoms with Crippen molar-refractivity contribution in [1.29, 1.82) is 0 Å². The third-order valence-electron chi connectivity index (χ3n) is 4.72. The van der Waals surface area contributed by atoms with Gasteiger partial charge in [-0.2, -0.15) is 0 Å². The molecule has 0 bridgehead atoms. The Morgan fingerprint density at radius 1 is 1.23 bits per heavy atom. The molecule has 1 atom stereocenters. The molecule has 0 saturated heterocycles. The van der Waals surface area contributed by atoms with E-state index in [4.69, 9.17) is 4.74 Å². The largest absolute Gasteiger partial charge is 0.449 e. The molecule has 1 heterocycles. The Bertz CT molecular complexity index is 892. The fraction of sp³-hybridized carbons (Fsp3) is 0.429. The van der Waals surface area contributed by atoms with Crippen LogP contribution in [0.3, 0.4) is 0 Å². The van der Waals surface area contributed by atoms with Gasteiger partial charge in [-0.3, -0.25) is 10.1 Å². The minimum atomic E-state index is -1.08. The average molecular weight is 448 g/mol. The van der Waals surface area contributed by atoms with E-state index in [1.807, 2.05) is 24.4 Å². The maximum absolute atomic E-state index is 12.3. The van der Waals surface area contributed by atoms with Crippen LogP contribution in [-0.4, -0.2) is 35.0 Å². The molecule has 1 fully saturated rings.